The van der Waals surface area contributed by atoms with Crippen LogP contribution in [0.5, 0.6) is 0 Å². The summed E-state index contributed by atoms with van der Waals surface area (Å²) in [5.74, 6) is 1.48. The van der Waals surface area contributed by atoms with Gasteiger partial charge in [0.05, 0.1) is 4.90 Å². The summed E-state index contributed by atoms with van der Waals surface area (Å²) >= 11 is 0. The van der Waals surface area contributed by atoms with Crippen LogP contribution >= 0.6 is 0 Å². The standard InChI is InChI=1S/C36H45N9O2S/c1-27-17-19-28(20-18-27)26-40-36-43-34(42-35(44-36)39-25-21-29-12-6-9-22-37-29)38-23-7-4-5-8-24-41-48(46,47)33-16-11-13-30-31(33)14-10-15-32(30)45(2)3/h6,9-20,22,41H,4-5,7-8,21,23-26H2,1-3H3,(H3,38,39,40,42,43,44). The van der Waals surface area contributed by atoms with Gasteiger partial charge in [-0.3, -0.25) is 4.98 Å². The molecule has 5 aromatic rings. The van der Waals surface area contributed by atoms with Gasteiger partial charge in [-0.25, -0.2) is 13.1 Å². The van der Waals surface area contributed by atoms with Crippen molar-refractivity contribution in [2.24, 2.45) is 0 Å². The first-order chi connectivity index (χ1) is 23.3. The minimum absolute atomic E-state index is 0.309. The molecule has 0 radical (unpaired) electrons. The van der Waals surface area contributed by atoms with Crippen LogP contribution < -0.4 is 25.6 Å². The Morgan fingerprint density at radius 1 is 0.667 bits per heavy atom. The smallest absolute Gasteiger partial charge is 0.241 e. The number of fused-ring (bicyclic) bond motifs is 1. The summed E-state index contributed by atoms with van der Waals surface area (Å²) in [7, 11) is 0.274. The van der Waals surface area contributed by atoms with Gasteiger partial charge in [-0.05, 0) is 49.6 Å². The summed E-state index contributed by atoms with van der Waals surface area (Å²) in [6, 6.07) is 25.4. The van der Waals surface area contributed by atoms with Crippen molar-refractivity contribution >= 4 is 44.3 Å². The highest BCUT2D eigenvalue weighted by molar-refractivity contribution is 7.89. The monoisotopic (exact) mass is 667 g/mol. The second kappa shape index (κ2) is 16.8. The third-order valence-electron chi connectivity index (χ3n) is 7.91. The number of unbranched alkanes of at least 4 members (excludes halogenated alkanes) is 3. The summed E-state index contributed by atoms with van der Waals surface area (Å²) in [6.45, 7) is 4.37. The molecule has 0 aliphatic carbocycles. The third kappa shape index (κ3) is 9.85. The van der Waals surface area contributed by atoms with Gasteiger partial charge >= 0.3 is 0 Å². The lowest BCUT2D eigenvalue weighted by Gasteiger charge is -2.17. The number of nitrogens with one attached hydrogen (secondary N) is 4. The van der Waals surface area contributed by atoms with Crippen LogP contribution in [-0.4, -0.2) is 62.1 Å². The van der Waals surface area contributed by atoms with Gasteiger partial charge in [0.25, 0.3) is 0 Å². The van der Waals surface area contributed by atoms with Gasteiger partial charge in [-0.1, -0.05) is 73.0 Å². The number of hydrogen-bond acceptors (Lipinski definition) is 10. The Morgan fingerprint density at radius 3 is 2.04 bits per heavy atom. The zero-order valence-electron chi connectivity index (χ0n) is 27.9. The van der Waals surface area contributed by atoms with Gasteiger partial charge in [-0.2, -0.15) is 15.0 Å². The first-order valence-electron chi connectivity index (χ1n) is 16.4. The van der Waals surface area contributed by atoms with Crippen molar-refractivity contribution in [1.29, 1.82) is 0 Å². The topological polar surface area (TPSA) is 137 Å². The molecule has 48 heavy (non-hydrogen) atoms. The van der Waals surface area contributed by atoms with Crippen molar-refractivity contribution in [2.45, 2.75) is 50.5 Å². The Balaban J connectivity index is 1.09. The summed E-state index contributed by atoms with van der Waals surface area (Å²) in [4.78, 5) is 20.4. The lowest BCUT2D eigenvalue weighted by Crippen LogP contribution is -2.25. The third-order valence-corrected chi connectivity index (χ3v) is 9.43. The number of benzene rings is 3. The molecule has 0 saturated carbocycles. The molecule has 0 saturated heterocycles. The molecule has 3 aromatic carbocycles. The minimum atomic E-state index is -3.64. The number of aromatic nitrogens is 4. The van der Waals surface area contributed by atoms with Crippen molar-refractivity contribution in [3.05, 3.63) is 102 Å². The molecule has 4 N–H and O–H groups in total. The molecule has 0 aliphatic heterocycles. The average molecular weight is 668 g/mol. The highest BCUT2D eigenvalue weighted by atomic mass is 32.2. The summed E-state index contributed by atoms with van der Waals surface area (Å²) < 4.78 is 29.2. The number of pyridine rings is 1. The molecule has 0 unspecified atom stereocenters. The first kappa shape index (κ1) is 34.5. The summed E-state index contributed by atoms with van der Waals surface area (Å²) in [5.41, 5.74) is 4.33. The SMILES string of the molecule is Cc1ccc(CNc2nc(NCCCCCCNS(=O)(=O)c3cccc4c(N(C)C)cccc34)nc(NCCc3ccccn3)n2)cc1. The molecule has 252 valence electrons. The Kier molecular flexibility index (Phi) is 12.1. The van der Waals surface area contributed by atoms with E-state index >= 15 is 0 Å². The van der Waals surface area contributed by atoms with Crippen molar-refractivity contribution in [3.63, 3.8) is 0 Å². The molecule has 0 atom stereocenters. The maximum atomic E-state index is 13.2. The maximum absolute atomic E-state index is 13.2. The molecule has 0 aliphatic rings. The normalized spacial score (nSPS) is 11.4. The largest absolute Gasteiger partial charge is 0.377 e. The van der Waals surface area contributed by atoms with Gasteiger partial charge in [-0.15, -0.1) is 0 Å². The van der Waals surface area contributed by atoms with Crippen molar-refractivity contribution in [1.82, 2.24) is 24.7 Å². The quantitative estimate of drug-likeness (QED) is 0.0823. The fourth-order valence-electron chi connectivity index (χ4n) is 5.33. The zero-order valence-corrected chi connectivity index (χ0v) is 28.7. The Morgan fingerprint density at radius 2 is 1.33 bits per heavy atom. The number of sulfonamides is 1. The van der Waals surface area contributed by atoms with Crippen molar-refractivity contribution < 1.29 is 8.42 Å². The van der Waals surface area contributed by atoms with Crippen LogP contribution in [0.25, 0.3) is 10.8 Å². The van der Waals surface area contributed by atoms with Gasteiger partial charge in [0, 0.05) is 75.0 Å². The molecule has 12 heteroatoms. The number of rotatable bonds is 18. The highest BCUT2D eigenvalue weighted by Gasteiger charge is 2.18. The second-order valence-corrected chi connectivity index (χ2v) is 13.6. The fourth-order valence-corrected chi connectivity index (χ4v) is 6.62. The van der Waals surface area contributed by atoms with Crippen LogP contribution in [0.15, 0.2) is 90.0 Å². The van der Waals surface area contributed by atoms with E-state index in [2.05, 4.69) is 71.8 Å². The Labute approximate surface area is 283 Å². The molecule has 0 spiro atoms. The van der Waals surface area contributed by atoms with Gasteiger partial charge in [0.2, 0.25) is 27.9 Å². The lowest BCUT2D eigenvalue weighted by molar-refractivity contribution is 0.573. The molecule has 0 amide bonds. The molecule has 11 nitrogen and oxygen atoms in total. The number of aryl methyl sites for hydroxylation is 1. The minimum Gasteiger partial charge on any atom is -0.377 e. The van der Waals surface area contributed by atoms with Gasteiger partial charge < -0.3 is 20.9 Å². The van der Waals surface area contributed by atoms with E-state index in [4.69, 9.17) is 0 Å². The van der Waals surface area contributed by atoms with E-state index in [-0.39, 0.29) is 0 Å². The van der Waals surface area contributed by atoms with E-state index < -0.39 is 10.0 Å². The lowest BCUT2D eigenvalue weighted by atomic mass is 10.1. The second-order valence-electron chi connectivity index (χ2n) is 11.9. The van der Waals surface area contributed by atoms with Crippen LogP contribution in [0, 0.1) is 6.92 Å². The molecule has 5 rings (SSSR count). The fraction of sp³-hybridized carbons (Fsp3) is 0.333. The van der Waals surface area contributed by atoms with Crippen molar-refractivity contribution in [2.75, 3.05) is 54.6 Å². The van der Waals surface area contributed by atoms with Crippen LogP contribution in [0.2, 0.25) is 0 Å². The predicted molar refractivity (Wildman–Crippen MR) is 195 cm³/mol. The zero-order chi connectivity index (χ0) is 33.8. The predicted octanol–water partition coefficient (Wildman–Crippen LogP) is 6.01. The average Bonchev–Trinajstić information content (AvgIpc) is 3.09. The van der Waals surface area contributed by atoms with Gasteiger partial charge in [0.1, 0.15) is 0 Å². The number of anilines is 4. The summed E-state index contributed by atoms with van der Waals surface area (Å²) in [6.07, 6.45) is 6.01. The molecule has 0 fully saturated rings. The van der Waals surface area contributed by atoms with E-state index in [0.29, 0.717) is 48.9 Å². The van der Waals surface area contributed by atoms with Crippen LogP contribution in [-0.2, 0) is 23.0 Å². The molecular formula is C36H45N9O2S. The van der Waals surface area contributed by atoms with E-state index in [1.807, 2.05) is 61.5 Å². The molecule has 2 heterocycles. The molecule has 2 aromatic heterocycles. The Bertz CT molecular complexity index is 1870. The molecule has 0 bridgehead atoms. The Hall–Kier alpha value is -4.81. The highest BCUT2D eigenvalue weighted by Crippen LogP contribution is 2.30. The maximum Gasteiger partial charge on any atom is 0.241 e. The van der Waals surface area contributed by atoms with Crippen LogP contribution in [0.3, 0.4) is 0 Å². The van der Waals surface area contributed by atoms with Crippen LogP contribution in [0.1, 0.15) is 42.5 Å². The van der Waals surface area contributed by atoms with E-state index in [9.17, 15) is 8.42 Å². The van der Waals surface area contributed by atoms with Crippen molar-refractivity contribution in [3.8, 4) is 0 Å². The molecular weight excluding hydrogens is 623 g/mol. The van der Waals surface area contributed by atoms with E-state index in [0.717, 1.165) is 59.8 Å². The number of hydrogen-bond donors (Lipinski definition) is 4. The summed E-state index contributed by atoms with van der Waals surface area (Å²) in [5, 5.41) is 11.6. The van der Waals surface area contributed by atoms with E-state index in [1.165, 1.54) is 5.56 Å². The number of nitrogens with zero attached hydrogens (tertiary/aromatic N) is 5. The first-order valence-corrected chi connectivity index (χ1v) is 17.9. The van der Waals surface area contributed by atoms with Gasteiger partial charge in [0.15, 0.2) is 0 Å². The van der Waals surface area contributed by atoms with Crippen LogP contribution in [0.4, 0.5) is 23.5 Å². The van der Waals surface area contributed by atoms with E-state index in [1.54, 1.807) is 18.3 Å².